The van der Waals surface area contributed by atoms with Gasteiger partial charge in [0.15, 0.2) is 0 Å². The smallest absolute Gasteiger partial charge is 0.243 e. The van der Waals surface area contributed by atoms with E-state index >= 15 is 0 Å². The molecule has 1 aromatic carbocycles. The van der Waals surface area contributed by atoms with Gasteiger partial charge >= 0.3 is 0 Å². The van der Waals surface area contributed by atoms with Crippen LogP contribution in [0.15, 0.2) is 24.3 Å². The second kappa shape index (κ2) is 6.06. The van der Waals surface area contributed by atoms with Gasteiger partial charge in [-0.2, -0.15) is 0 Å². The first-order chi connectivity index (χ1) is 9.09. The molecule has 1 unspecified atom stereocenters. The van der Waals surface area contributed by atoms with Gasteiger partial charge in [-0.15, -0.1) is 0 Å². The molecule has 2 amide bonds. The highest BCUT2D eigenvalue weighted by Crippen LogP contribution is 2.18. The Morgan fingerprint density at radius 3 is 2.84 bits per heavy atom. The maximum absolute atomic E-state index is 12.1. The molecular formula is C14H17ClN2O2. The molecule has 5 heteroatoms. The summed E-state index contributed by atoms with van der Waals surface area (Å²) in [5.41, 5.74) is 0.880. The molecule has 1 aliphatic rings. The van der Waals surface area contributed by atoms with Crippen molar-refractivity contribution < 1.29 is 9.59 Å². The van der Waals surface area contributed by atoms with E-state index in [9.17, 15) is 9.59 Å². The van der Waals surface area contributed by atoms with Crippen LogP contribution in [-0.4, -0.2) is 29.3 Å². The topological polar surface area (TPSA) is 49.4 Å². The molecule has 0 radical (unpaired) electrons. The van der Waals surface area contributed by atoms with Crippen molar-refractivity contribution in [3.8, 4) is 0 Å². The second-order valence-electron chi connectivity index (χ2n) is 4.68. The van der Waals surface area contributed by atoms with Crippen molar-refractivity contribution >= 4 is 23.4 Å². The number of nitrogens with zero attached hydrogens (tertiary/aromatic N) is 1. The predicted octanol–water partition coefficient (Wildman–Crippen LogP) is 1.97. The Balaban J connectivity index is 1.95. The molecule has 1 fully saturated rings. The Morgan fingerprint density at radius 1 is 1.42 bits per heavy atom. The summed E-state index contributed by atoms with van der Waals surface area (Å²) in [5, 5.41) is 3.49. The molecule has 1 saturated heterocycles. The summed E-state index contributed by atoms with van der Waals surface area (Å²) in [6.45, 7) is 2.56. The number of halogens is 1. The lowest BCUT2D eigenvalue weighted by atomic mass is 10.2. The minimum Gasteiger partial charge on any atom is -0.350 e. The van der Waals surface area contributed by atoms with Crippen LogP contribution in [0.2, 0.25) is 5.02 Å². The zero-order chi connectivity index (χ0) is 13.8. The van der Waals surface area contributed by atoms with Gasteiger partial charge in [-0.05, 0) is 24.5 Å². The summed E-state index contributed by atoms with van der Waals surface area (Å²) in [4.78, 5) is 25.1. The van der Waals surface area contributed by atoms with Gasteiger partial charge in [0.1, 0.15) is 6.04 Å². The van der Waals surface area contributed by atoms with Crippen LogP contribution in [0.4, 0.5) is 0 Å². The van der Waals surface area contributed by atoms with Gasteiger partial charge in [0.25, 0.3) is 0 Å². The van der Waals surface area contributed by atoms with Gasteiger partial charge in [-0.3, -0.25) is 9.59 Å². The van der Waals surface area contributed by atoms with E-state index in [4.69, 9.17) is 11.6 Å². The minimum absolute atomic E-state index is 0.0459. The van der Waals surface area contributed by atoms with Crippen LogP contribution in [-0.2, 0) is 16.1 Å². The molecule has 1 atom stereocenters. The fourth-order valence-corrected chi connectivity index (χ4v) is 2.56. The average Bonchev–Trinajstić information content (AvgIpc) is 2.87. The Kier molecular flexibility index (Phi) is 4.43. The summed E-state index contributed by atoms with van der Waals surface area (Å²) in [6, 6.07) is 7.06. The highest BCUT2D eigenvalue weighted by atomic mass is 35.5. The van der Waals surface area contributed by atoms with Gasteiger partial charge < -0.3 is 10.2 Å². The molecule has 0 saturated carbocycles. The number of amides is 2. The highest BCUT2D eigenvalue weighted by molar-refractivity contribution is 6.31. The standard InChI is InChI=1S/C14H17ClN2O2/c1-10(18)17-8-4-7-13(17)14(19)16-9-11-5-2-3-6-12(11)15/h2-3,5-6,13H,4,7-9H2,1H3,(H,16,19). The van der Waals surface area contributed by atoms with Crippen LogP contribution >= 0.6 is 11.6 Å². The third kappa shape index (κ3) is 3.26. The molecule has 102 valence electrons. The van der Waals surface area contributed by atoms with E-state index in [1.165, 1.54) is 6.92 Å². The molecule has 2 rings (SSSR count). The van der Waals surface area contributed by atoms with Crippen LogP contribution in [0, 0.1) is 0 Å². The molecule has 0 bridgehead atoms. The third-order valence-electron chi connectivity index (χ3n) is 3.37. The van der Waals surface area contributed by atoms with E-state index in [-0.39, 0.29) is 17.9 Å². The molecule has 1 aromatic rings. The summed E-state index contributed by atoms with van der Waals surface area (Å²) >= 11 is 6.03. The zero-order valence-electron chi connectivity index (χ0n) is 10.9. The van der Waals surface area contributed by atoms with Gasteiger partial charge in [0, 0.05) is 25.0 Å². The van der Waals surface area contributed by atoms with Gasteiger partial charge in [-0.1, -0.05) is 29.8 Å². The van der Waals surface area contributed by atoms with Crippen molar-refractivity contribution in [2.45, 2.75) is 32.4 Å². The fraction of sp³-hybridized carbons (Fsp3) is 0.429. The zero-order valence-corrected chi connectivity index (χ0v) is 11.6. The van der Waals surface area contributed by atoms with E-state index in [0.717, 1.165) is 18.4 Å². The number of rotatable bonds is 3. The Morgan fingerprint density at radius 2 is 2.16 bits per heavy atom. The normalized spacial score (nSPS) is 18.4. The molecule has 0 aliphatic carbocycles. The quantitative estimate of drug-likeness (QED) is 0.920. The predicted molar refractivity (Wildman–Crippen MR) is 73.7 cm³/mol. The summed E-state index contributed by atoms with van der Waals surface area (Å²) in [7, 11) is 0. The minimum atomic E-state index is -0.333. The van der Waals surface area contributed by atoms with E-state index < -0.39 is 0 Å². The Labute approximate surface area is 117 Å². The second-order valence-corrected chi connectivity index (χ2v) is 5.09. The number of carbonyl (C=O) groups excluding carboxylic acids is 2. The molecular weight excluding hydrogens is 264 g/mol. The first-order valence-corrected chi connectivity index (χ1v) is 6.75. The molecule has 0 spiro atoms. The Bertz CT molecular complexity index is 490. The van der Waals surface area contributed by atoms with E-state index in [0.29, 0.717) is 18.1 Å². The lowest BCUT2D eigenvalue weighted by molar-refractivity contribution is -0.136. The molecule has 0 aromatic heterocycles. The van der Waals surface area contributed by atoms with E-state index in [1.54, 1.807) is 11.0 Å². The average molecular weight is 281 g/mol. The molecule has 19 heavy (non-hydrogen) atoms. The lowest BCUT2D eigenvalue weighted by Crippen LogP contribution is -2.44. The number of carbonyl (C=O) groups is 2. The van der Waals surface area contributed by atoms with Crippen LogP contribution in [0.3, 0.4) is 0 Å². The number of hydrogen-bond acceptors (Lipinski definition) is 2. The van der Waals surface area contributed by atoms with Crippen LogP contribution < -0.4 is 5.32 Å². The number of likely N-dealkylation sites (tertiary alicyclic amines) is 1. The Hall–Kier alpha value is -1.55. The van der Waals surface area contributed by atoms with Crippen molar-refractivity contribution in [1.29, 1.82) is 0 Å². The van der Waals surface area contributed by atoms with E-state index in [2.05, 4.69) is 5.32 Å². The summed E-state index contributed by atoms with van der Waals surface area (Å²) in [6.07, 6.45) is 1.61. The monoisotopic (exact) mass is 280 g/mol. The van der Waals surface area contributed by atoms with Gasteiger partial charge in [-0.25, -0.2) is 0 Å². The molecule has 4 nitrogen and oxygen atoms in total. The number of benzene rings is 1. The molecule has 1 N–H and O–H groups in total. The summed E-state index contributed by atoms with van der Waals surface area (Å²) < 4.78 is 0. The third-order valence-corrected chi connectivity index (χ3v) is 3.74. The maximum atomic E-state index is 12.1. The van der Waals surface area contributed by atoms with Crippen LogP contribution in [0.5, 0.6) is 0 Å². The first kappa shape index (κ1) is 13.9. The van der Waals surface area contributed by atoms with Crippen molar-refractivity contribution in [3.05, 3.63) is 34.9 Å². The SMILES string of the molecule is CC(=O)N1CCCC1C(=O)NCc1ccccc1Cl. The van der Waals surface area contributed by atoms with Crippen molar-refractivity contribution in [3.63, 3.8) is 0 Å². The van der Waals surface area contributed by atoms with E-state index in [1.807, 2.05) is 18.2 Å². The maximum Gasteiger partial charge on any atom is 0.243 e. The van der Waals surface area contributed by atoms with Gasteiger partial charge in [0.2, 0.25) is 11.8 Å². The fourth-order valence-electron chi connectivity index (χ4n) is 2.36. The number of hydrogen-bond donors (Lipinski definition) is 1. The number of nitrogens with one attached hydrogen (secondary N) is 1. The molecule has 1 heterocycles. The van der Waals surface area contributed by atoms with Crippen molar-refractivity contribution in [1.82, 2.24) is 10.2 Å². The first-order valence-electron chi connectivity index (χ1n) is 6.38. The van der Waals surface area contributed by atoms with Gasteiger partial charge in [0.05, 0.1) is 0 Å². The van der Waals surface area contributed by atoms with Crippen molar-refractivity contribution in [2.75, 3.05) is 6.54 Å². The highest BCUT2D eigenvalue weighted by Gasteiger charge is 2.31. The van der Waals surface area contributed by atoms with Crippen molar-refractivity contribution in [2.24, 2.45) is 0 Å². The summed E-state index contributed by atoms with van der Waals surface area (Å²) in [5.74, 6) is -0.150. The largest absolute Gasteiger partial charge is 0.350 e. The van der Waals surface area contributed by atoms with Crippen LogP contribution in [0.25, 0.3) is 0 Å². The van der Waals surface area contributed by atoms with Crippen LogP contribution in [0.1, 0.15) is 25.3 Å². The lowest BCUT2D eigenvalue weighted by Gasteiger charge is -2.22. The molecule has 1 aliphatic heterocycles.